The Hall–Kier alpha value is -1.35. The summed E-state index contributed by atoms with van der Waals surface area (Å²) in [6.45, 7) is 5.36. The summed E-state index contributed by atoms with van der Waals surface area (Å²) in [6.07, 6.45) is 1.58. The first-order valence-electron chi connectivity index (χ1n) is 6.60. The van der Waals surface area contributed by atoms with Gasteiger partial charge in [0.15, 0.2) is 0 Å². The molecule has 1 amide bonds. The molecule has 98 valence electrons. The van der Waals surface area contributed by atoms with E-state index in [1.165, 1.54) is 11.1 Å². The van der Waals surface area contributed by atoms with Gasteiger partial charge < -0.3 is 10.1 Å². The third-order valence-electron chi connectivity index (χ3n) is 3.16. The molecule has 1 atom stereocenters. The second-order valence-electron chi connectivity index (χ2n) is 5.31. The van der Waals surface area contributed by atoms with Gasteiger partial charge in [-0.25, -0.2) is 0 Å². The molecular formula is C15H21NO2. The first-order valence-corrected chi connectivity index (χ1v) is 6.60. The van der Waals surface area contributed by atoms with Gasteiger partial charge in [0.05, 0.1) is 12.7 Å². The summed E-state index contributed by atoms with van der Waals surface area (Å²) < 4.78 is 5.75. The van der Waals surface area contributed by atoms with Crippen LogP contribution in [-0.2, 0) is 22.6 Å². The maximum absolute atomic E-state index is 11.6. The molecule has 1 aliphatic rings. The lowest BCUT2D eigenvalue weighted by Crippen LogP contribution is -2.37. The van der Waals surface area contributed by atoms with E-state index < -0.39 is 0 Å². The predicted octanol–water partition coefficient (Wildman–Crippen LogP) is 2.29. The largest absolute Gasteiger partial charge is 0.371 e. The van der Waals surface area contributed by atoms with E-state index in [4.69, 9.17) is 4.74 Å². The van der Waals surface area contributed by atoms with E-state index >= 15 is 0 Å². The van der Waals surface area contributed by atoms with Crippen molar-refractivity contribution in [2.75, 3.05) is 6.54 Å². The number of benzene rings is 1. The Morgan fingerprint density at radius 1 is 1.39 bits per heavy atom. The van der Waals surface area contributed by atoms with Crippen LogP contribution in [0.25, 0.3) is 0 Å². The van der Waals surface area contributed by atoms with Crippen molar-refractivity contribution >= 4 is 5.91 Å². The Labute approximate surface area is 109 Å². The van der Waals surface area contributed by atoms with Crippen LogP contribution >= 0.6 is 0 Å². The minimum Gasteiger partial charge on any atom is -0.371 e. The number of carbonyl (C=O) groups excluding carboxylic acids is 1. The quantitative estimate of drug-likeness (QED) is 0.886. The molecule has 1 aromatic carbocycles. The lowest BCUT2D eigenvalue weighted by Gasteiger charge is -2.25. The van der Waals surface area contributed by atoms with Crippen molar-refractivity contribution in [2.24, 2.45) is 5.92 Å². The van der Waals surface area contributed by atoms with Crippen LogP contribution < -0.4 is 5.32 Å². The lowest BCUT2D eigenvalue weighted by molar-refractivity contribution is -0.122. The zero-order chi connectivity index (χ0) is 13.0. The molecule has 0 saturated heterocycles. The molecule has 0 aromatic heterocycles. The monoisotopic (exact) mass is 247 g/mol. The minimum atomic E-state index is 0.107. The van der Waals surface area contributed by atoms with Crippen molar-refractivity contribution in [3.8, 4) is 0 Å². The molecule has 1 unspecified atom stereocenters. The number of fused-ring (bicyclic) bond motifs is 1. The summed E-state index contributed by atoms with van der Waals surface area (Å²) in [6, 6.07) is 8.33. The van der Waals surface area contributed by atoms with Crippen molar-refractivity contribution in [3.63, 3.8) is 0 Å². The molecule has 3 heteroatoms. The van der Waals surface area contributed by atoms with Crippen LogP contribution in [0.2, 0.25) is 0 Å². The standard InChI is InChI=1S/C15H21NO2/c1-11(2)7-15(17)16-9-14-8-12-5-3-4-6-13(12)10-18-14/h3-6,11,14H,7-10H2,1-2H3,(H,16,17). The Morgan fingerprint density at radius 2 is 2.11 bits per heavy atom. The molecule has 0 radical (unpaired) electrons. The highest BCUT2D eigenvalue weighted by Crippen LogP contribution is 2.19. The van der Waals surface area contributed by atoms with E-state index in [1.54, 1.807) is 0 Å². The maximum Gasteiger partial charge on any atom is 0.220 e. The van der Waals surface area contributed by atoms with Gasteiger partial charge in [0, 0.05) is 19.4 Å². The molecule has 1 aliphatic heterocycles. The normalized spacial score (nSPS) is 18.5. The first-order chi connectivity index (χ1) is 8.65. The van der Waals surface area contributed by atoms with E-state index in [0.717, 1.165) is 6.42 Å². The number of hydrogen-bond acceptors (Lipinski definition) is 2. The van der Waals surface area contributed by atoms with Crippen LogP contribution in [0.4, 0.5) is 0 Å². The van der Waals surface area contributed by atoms with Gasteiger partial charge in [-0.05, 0) is 17.0 Å². The minimum absolute atomic E-state index is 0.107. The van der Waals surface area contributed by atoms with Crippen molar-refractivity contribution in [2.45, 2.75) is 39.4 Å². The van der Waals surface area contributed by atoms with Crippen LogP contribution in [0.5, 0.6) is 0 Å². The Bertz CT molecular complexity index is 415. The van der Waals surface area contributed by atoms with Crippen LogP contribution in [0, 0.1) is 5.92 Å². The summed E-state index contributed by atoms with van der Waals surface area (Å²) in [4.78, 5) is 11.6. The Balaban J connectivity index is 1.81. The third-order valence-corrected chi connectivity index (χ3v) is 3.16. The topological polar surface area (TPSA) is 38.3 Å². The molecule has 1 heterocycles. The summed E-state index contributed by atoms with van der Waals surface area (Å²) in [5, 5.41) is 2.95. The number of hydrogen-bond donors (Lipinski definition) is 1. The third kappa shape index (κ3) is 3.57. The van der Waals surface area contributed by atoms with E-state index in [0.29, 0.717) is 25.5 Å². The first kappa shape index (κ1) is 13.1. The van der Waals surface area contributed by atoms with Crippen LogP contribution in [0.1, 0.15) is 31.4 Å². The molecule has 0 bridgehead atoms. The SMILES string of the molecule is CC(C)CC(=O)NCC1Cc2ccccc2CO1. The number of carbonyl (C=O) groups is 1. The van der Waals surface area contributed by atoms with Crippen molar-refractivity contribution in [1.29, 1.82) is 0 Å². The maximum atomic E-state index is 11.6. The van der Waals surface area contributed by atoms with E-state index in [1.807, 2.05) is 19.9 Å². The molecule has 2 rings (SSSR count). The molecule has 0 spiro atoms. The second kappa shape index (κ2) is 6.01. The van der Waals surface area contributed by atoms with Gasteiger partial charge in [0.1, 0.15) is 0 Å². The van der Waals surface area contributed by atoms with Crippen molar-refractivity contribution in [1.82, 2.24) is 5.32 Å². The van der Waals surface area contributed by atoms with E-state index in [-0.39, 0.29) is 12.0 Å². The van der Waals surface area contributed by atoms with Crippen LogP contribution in [-0.4, -0.2) is 18.6 Å². The Kier molecular flexibility index (Phi) is 4.37. The summed E-state index contributed by atoms with van der Waals surface area (Å²) in [7, 11) is 0. The van der Waals surface area contributed by atoms with Gasteiger partial charge in [-0.2, -0.15) is 0 Å². The van der Waals surface area contributed by atoms with E-state index in [2.05, 4.69) is 23.5 Å². The van der Waals surface area contributed by atoms with Gasteiger partial charge in [0.2, 0.25) is 5.91 Å². The van der Waals surface area contributed by atoms with E-state index in [9.17, 15) is 4.79 Å². The lowest BCUT2D eigenvalue weighted by atomic mass is 9.99. The van der Waals surface area contributed by atoms with Gasteiger partial charge in [0.25, 0.3) is 0 Å². The average Bonchev–Trinajstić information content (AvgIpc) is 2.35. The predicted molar refractivity (Wildman–Crippen MR) is 71.2 cm³/mol. The zero-order valence-corrected chi connectivity index (χ0v) is 11.1. The fraction of sp³-hybridized carbons (Fsp3) is 0.533. The van der Waals surface area contributed by atoms with Crippen molar-refractivity contribution < 1.29 is 9.53 Å². The van der Waals surface area contributed by atoms with Gasteiger partial charge >= 0.3 is 0 Å². The van der Waals surface area contributed by atoms with Gasteiger partial charge in [-0.15, -0.1) is 0 Å². The van der Waals surface area contributed by atoms with Crippen molar-refractivity contribution in [3.05, 3.63) is 35.4 Å². The molecule has 0 saturated carbocycles. The molecule has 1 aromatic rings. The summed E-state index contributed by atoms with van der Waals surface area (Å²) >= 11 is 0. The Morgan fingerprint density at radius 3 is 2.83 bits per heavy atom. The fourth-order valence-corrected chi connectivity index (χ4v) is 2.21. The highest BCUT2D eigenvalue weighted by atomic mass is 16.5. The highest BCUT2D eigenvalue weighted by molar-refractivity contribution is 5.76. The van der Waals surface area contributed by atoms with Gasteiger partial charge in [-0.3, -0.25) is 4.79 Å². The number of ether oxygens (including phenoxy) is 1. The van der Waals surface area contributed by atoms with Gasteiger partial charge in [-0.1, -0.05) is 38.1 Å². The highest BCUT2D eigenvalue weighted by Gasteiger charge is 2.19. The molecule has 1 N–H and O–H groups in total. The second-order valence-corrected chi connectivity index (χ2v) is 5.31. The fourth-order valence-electron chi connectivity index (χ4n) is 2.21. The summed E-state index contributed by atoms with van der Waals surface area (Å²) in [5.74, 6) is 0.519. The molecule has 3 nitrogen and oxygen atoms in total. The number of amides is 1. The molecule has 0 fully saturated rings. The number of rotatable bonds is 4. The smallest absolute Gasteiger partial charge is 0.220 e. The average molecular weight is 247 g/mol. The van der Waals surface area contributed by atoms with Crippen LogP contribution in [0.3, 0.4) is 0 Å². The zero-order valence-electron chi connectivity index (χ0n) is 11.1. The number of nitrogens with one attached hydrogen (secondary N) is 1. The molecular weight excluding hydrogens is 226 g/mol. The molecule has 18 heavy (non-hydrogen) atoms. The van der Waals surface area contributed by atoms with Crippen LogP contribution in [0.15, 0.2) is 24.3 Å². The molecule has 0 aliphatic carbocycles. The summed E-state index contributed by atoms with van der Waals surface area (Å²) in [5.41, 5.74) is 2.61.